The summed E-state index contributed by atoms with van der Waals surface area (Å²) < 4.78 is 19.1. The third kappa shape index (κ3) is 3.17. The van der Waals surface area contributed by atoms with E-state index in [4.69, 9.17) is 16.3 Å². The first kappa shape index (κ1) is 14.9. The molecule has 0 saturated carbocycles. The summed E-state index contributed by atoms with van der Waals surface area (Å²) in [5, 5.41) is 10.8. The van der Waals surface area contributed by atoms with Gasteiger partial charge in [0, 0.05) is 11.1 Å². The molecule has 21 heavy (non-hydrogen) atoms. The van der Waals surface area contributed by atoms with Gasteiger partial charge in [0.25, 0.3) is 5.69 Å². The molecule has 0 heterocycles. The first-order chi connectivity index (χ1) is 9.92. The lowest BCUT2D eigenvalue weighted by Crippen LogP contribution is -1.96. The number of hydrogen-bond donors (Lipinski definition) is 0. The van der Waals surface area contributed by atoms with Crippen LogP contribution in [-0.2, 0) is 0 Å². The van der Waals surface area contributed by atoms with E-state index in [0.717, 1.165) is 6.07 Å². The van der Waals surface area contributed by atoms with Crippen LogP contribution in [-0.4, -0.2) is 11.2 Å². The molecule has 0 fully saturated rings. The van der Waals surface area contributed by atoms with Gasteiger partial charge in [0.05, 0.1) is 16.0 Å². The Bertz CT molecular complexity index is 733. The zero-order chi connectivity index (χ0) is 15.6. The second-order valence-electron chi connectivity index (χ2n) is 4.24. The molecule has 0 aliphatic carbocycles. The second kappa shape index (κ2) is 5.88. The van der Waals surface area contributed by atoms with Crippen LogP contribution in [0.15, 0.2) is 30.3 Å². The Morgan fingerprint density at radius 1 is 1.29 bits per heavy atom. The highest BCUT2D eigenvalue weighted by molar-refractivity contribution is 6.32. The number of nitro benzene ring substituents is 1. The van der Waals surface area contributed by atoms with Crippen LogP contribution in [0.4, 0.5) is 10.1 Å². The minimum Gasteiger partial charge on any atom is -0.453 e. The van der Waals surface area contributed by atoms with E-state index >= 15 is 0 Å². The maximum absolute atomic E-state index is 13.8. The fourth-order valence-electron chi connectivity index (χ4n) is 1.71. The second-order valence-corrected chi connectivity index (χ2v) is 4.64. The SMILES string of the molecule is Cc1cc(Oc2ccc(C=O)cc2Cl)c(F)cc1[N+](=O)[O-]. The predicted molar refractivity (Wildman–Crippen MR) is 74.7 cm³/mol. The van der Waals surface area contributed by atoms with E-state index in [-0.39, 0.29) is 27.8 Å². The first-order valence-corrected chi connectivity index (χ1v) is 6.17. The van der Waals surface area contributed by atoms with E-state index in [0.29, 0.717) is 11.8 Å². The van der Waals surface area contributed by atoms with Gasteiger partial charge in [0.2, 0.25) is 0 Å². The molecule has 0 bridgehead atoms. The van der Waals surface area contributed by atoms with Crippen molar-refractivity contribution in [3.8, 4) is 11.5 Å². The van der Waals surface area contributed by atoms with Crippen molar-refractivity contribution in [1.29, 1.82) is 0 Å². The number of benzene rings is 2. The van der Waals surface area contributed by atoms with Crippen molar-refractivity contribution in [3.63, 3.8) is 0 Å². The monoisotopic (exact) mass is 309 g/mol. The van der Waals surface area contributed by atoms with Crippen LogP contribution >= 0.6 is 11.6 Å². The van der Waals surface area contributed by atoms with Gasteiger partial charge in [-0.15, -0.1) is 0 Å². The summed E-state index contributed by atoms with van der Waals surface area (Å²) in [6.07, 6.45) is 0.617. The Morgan fingerprint density at radius 2 is 2.00 bits per heavy atom. The molecular formula is C14H9ClFNO4. The summed E-state index contributed by atoms with van der Waals surface area (Å²) >= 11 is 5.92. The van der Waals surface area contributed by atoms with E-state index < -0.39 is 10.7 Å². The van der Waals surface area contributed by atoms with Crippen molar-refractivity contribution in [2.24, 2.45) is 0 Å². The van der Waals surface area contributed by atoms with E-state index in [1.165, 1.54) is 31.2 Å². The summed E-state index contributed by atoms with van der Waals surface area (Å²) in [4.78, 5) is 20.6. The third-order valence-corrected chi connectivity index (χ3v) is 3.05. The van der Waals surface area contributed by atoms with Gasteiger partial charge in [-0.3, -0.25) is 14.9 Å². The van der Waals surface area contributed by atoms with Gasteiger partial charge in [-0.1, -0.05) is 11.6 Å². The van der Waals surface area contributed by atoms with E-state index in [1.807, 2.05) is 0 Å². The van der Waals surface area contributed by atoms with E-state index in [9.17, 15) is 19.3 Å². The van der Waals surface area contributed by atoms with Crippen LogP contribution in [0.1, 0.15) is 15.9 Å². The molecule has 0 aromatic heterocycles. The third-order valence-electron chi connectivity index (χ3n) is 2.76. The van der Waals surface area contributed by atoms with Crippen molar-refractivity contribution in [1.82, 2.24) is 0 Å². The number of hydrogen-bond acceptors (Lipinski definition) is 4. The van der Waals surface area contributed by atoms with Gasteiger partial charge in [-0.25, -0.2) is 4.39 Å². The number of halogens is 2. The normalized spacial score (nSPS) is 10.2. The van der Waals surface area contributed by atoms with Crippen LogP contribution in [0.25, 0.3) is 0 Å². The van der Waals surface area contributed by atoms with Gasteiger partial charge in [-0.05, 0) is 31.2 Å². The average Bonchev–Trinajstić information content (AvgIpc) is 2.44. The molecule has 0 atom stereocenters. The Kier molecular flexibility index (Phi) is 4.18. The van der Waals surface area contributed by atoms with Crippen molar-refractivity contribution in [2.45, 2.75) is 6.92 Å². The molecule has 0 saturated heterocycles. The number of aryl methyl sites for hydroxylation is 1. The van der Waals surface area contributed by atoms with Gasteiger partial charge in [-0.2, -0.15) is 0 Å². The molecule has 0 N–H and O–H groups in total. The Hall–Kier alpha value is -2.47. The number of carbonyl (C=O) groups is 1. The number of nitro groups is 1. The molecule has 0 spiro atoms. The Morgan fingerprint density at radius 3 is 2.57 bits per heavy atom. The topological polar surface area (TPSA) is 69.4 Å². The molecule has 2 aromatic rings. The van der Waals surface area contributed by atoms with Crippen LogP contribution in [0.5, 0.6) is 11.5 Å². The van der Waals surface area contributed by atoms with E-state index in [2.05, 4.69) is 0 Å². The van der Waals surface area contributed by atoms with Crippen LogP contribution in [0, 0.1) is 22.9 Å². The highest BCUT2D eigenvalue weighted by atomic mass is 35.5. The summed E-state index contributed by atoms with van der Waals surface area (Å²) in [6.45, 7) is 1.47. The first-order valence-electron chi connectivity index (χ1n) is 5.79. The molecular weight excluding hydrogens is 301 g/mol. The van der Waals surface area contributed by atoms with Gasteiger partial charge >= 0.3 is 0 Å². The standard InChI is InChI=1S/C14H9ClFNO4/c1-8-4-14(11(16)6-12(8)17(19)20)21-13-3-2-9(7-18)5-10(13)15/h2-7H,1H3. The van der Waals surface area contributed by atoms with Crippen LogP contribution < -0.4 is 4.74 Å². The van der Waals surface area contributed by atoms with Crippen LogP contribution in [0.3, 0.4) is 0 Å². The number of carbonyl (C=O) groups excluding carboxylic acids is 1. The molecule has 0 aliphatic heterocycles. The fraction of sp³-hybridized carbons (Fsp3) is 0.0714. The molecule has 108 valence electrons. The lowest BCUT2D eigenvalue weighted by Gasteiger charge is -2.09. The summed E-state index contributed by atoms with van der Waals surface area (Å²) in [5.74, 6) is -0.906. The molecule has 0 radical (unpaired) electrons. The summed E-state index contributed by atoms with van der Waals surface area (Å²) in [6, 6.07) is 6.27. The molecule has 2 rings (SSSR count). The number of nitrogens with zero attached hydrogens (tertiary/aromatic N) is 1. The molecule has 0 aliphatic rings. The zero-order valence-corrected chi connectivity index (χ0v) is 11.6. The molecule has 2 aromatic carbocycles. The number of aldehydes is 1. The van der Waals surface area contributed by atoms with Gasteiger partial charge < -0.3 is 4.74 Å². The molecule has 0 unspecified atom stereocenters. The van der Waals surface area contributed by atoms with Crippen molar-refractivity contribution < 1.29 is 18.8 Å². The fourth-order valence-corrected chi connectivity index (χ4v) is 1.94. The van der Waals surface area contributed by atoms with Gasteiger partial charge in [0.15, 0.2) is 11.6 Å². The Labute approximate surface area is 124 Å². The molecule has 0 amide bonds. The number of rotatable bonds is 4. The quantitative estimate of drug-likeness (QED) is 0.479. The maximum atomic E-state index is 13.8. The van der Waals surface area contributed by atoms with Crippen LogP contribution in [0.2, 0.25) is 5.02 Å². The van der Waals surface area contributed by atoms with Crippen molar-refractivity contribution in [2.75, 3.05) is 0 Å². The predicted octanol–water partition coefficient (Wildman–Crippen LogP) is 4.30. The van der Waals surface area contributed by atoms with Crippen molar-refractivity contribution >= 4 is 23.6 Å². The lowest BCUT2D eigenvalue weighted by molar-refractivity contribution is -0.385. The Balaban J connectivity index is 2.38. The lowest BCUT2D eigenvalue weighted by atomic mass is 10.2. The van der Waals surface area contributed by atoms with E-state index in [1.54, 1.807) is 0 Å². The highest BCUT2D eigenvalue weighted by Gasteiger charge is 2.17. The minimum atomic E-state index is -0.872. The smallest absolute Gasteiger partial charge is 0.275 e. The van der Waals surface area contributed by atoms with Gasteiger partial charge in [0.1, 0.15) is 12.0 Å². The summed E-state index contributed by atoms with van der Waals surface area (Å²) in [5.41, 5.74) is 0.284. The highest BCUT2D eigenvalue weighted by Crippen LogP contribution is 2.34. The molecule has 5 nitrogen and oxygen atoms in total. The van der Waals surface area contributed by atoms with Crippen molar-refractivity contribution in [3.05, 3.63) is 62.4 Å². The largest absolute Gasteiger partial charge is 0.453 e. The maximum Gasteiger partial charge on any atom is 0.275 e. The average molecular weight is 310 g/mol. The number of ether oxygens (including phenoxy) is 1. The minimum absolute atomic E-state index is 0.134. The zero-order valence-electron chi connectivity index (χ0n) is 10.8. The molecule has 7 heteroatoms. The summed E-state index contributed by atoms with van der Waals surface area (Å²) in [7, 11) is 0.